The SMILES string of the molecule is CC(c1cc(F)cc(OC(F)(F)C(F)F)c1)c1ccc(Cl)cn1. The molecule has 124 valence electrons. The maximum absolute atomic E-state index is 13.6. The van der Waals surface area contributed by atoms with E-state index in [1.807, 2.05) is 0 Å². The Morgan fingerprint density at radius 1 is 1.17 bits per heavy atom. The van der Waals surface area contributed by atoms with E-state index < -0.39 is 30.0 Å². The summed E-state index contributed by atoms with van der Waals surface area (Å²) in [5.41, 5.74) is 0.756. The molecule has 0 N–H and O–H groups in total. The average molecular weight is 352 g/mol. The Bertz CT molecular complexity index is 678. The smallest absolute Gasteiger partial charge is 0.428 e. The fourth-order valence-electron chi connectivity index (χ4n) is 1.91. The van der Waals surface area contributed by atoms with E-state index in [0.29, 0.717) is 16.8 Å². The van der Waals surface area contributed by atoms with Gasteiger partial charge < -0.3 is 4.74 Å². The fourth-order valence-corrected chi connectivity index (χ4v) is 2.02. The summed E-state index contributed by atoms with van der Waals surface area (Å²) in [6.07, 6.45) is -7.34. The molecule has 0 aliphatic rings. The van der Waals surface area contributed by atoms with Crippen molar-refractivity contribution >= 4 is 11.6 Å². The predicted octanol–water partition coefficient (Wildman–Crippen LogP) is 5.26. The van der Waals surface area contributed by atoms with Gasteiger partial charge in [-0.1, -0.05) is 18.5 Å². The van der Waals surface area contributed by atoms with Crippen molar-refractivity contribution in [2.45, 2.75) is 25.4 Å². The van der Waals surface area contributed by atoms with E-state index in [4.69, 9.17) is 11.6 Å². The van der Waals surface area contributed by atoms with Crippen molar-refractivity contribution < 1.29 is 26.7 Å². The first-order valence-corrected chi connectivity index (χ1v) is 6.84. The van der Waals surface area contributed by atoms with Gasteiger partial charge in [-0.15, -0.1) is 0 Å². The number of halogens is 6. The van der Waals surface area contributed by atoms with Crippen LogP contribution in [0.3, 0.4) is 0 Å². The second-order valence-electron chi connectivity index (χ2n) is 4.81. The van der Waals surface area contributed by atoms with Crippen LogP contribution < -0.4 is 4.74 Å². The Morgan fingerprint density at radius 3 is 2.43 bits per heavy atom. The average Bonchev–Trinajstić information content (AvgIpc) is 2.46. The van der Waals surface area contributed by atoms with Crippen LogP contribution in [0.15, 0.2) is 36.5 Å². The lowest BCUT2D eigenvalue weighted by atomic mass is 9.97. The Hall–Kier alpha value is -1.89. The van der Waals surface area contributed by atoms with Gasteiger partial charge >= 0.3 is 12.5 Å². The number of rotatable bonds is 5. The first-order chi connectivity index (χ1) is 10.7. The van der Waals surface area contributed by atoms with Crippen LogP contribution in [0, 0.1) is 5.82 Å². The van der Waals surface area contributed by atoms with Crippen molar-refractivity contribution in [3.05, 3.63) is 58.6 Å². The molecule has 0 radical (unpaired) electrons. The number of benzene rings is 1. The van der Waals surface area contributed by atoms with Crippen LogP contribution in [-0.4, -0.2) is 17.5 Å². The Labute approximate surface area is 133 Å². The first-order valence-electron chi connectivity index (χ1n) is 6.46. The summed E-state index contributed by atoms with van der Waals surface area (Å²) >= 11 is 5.72. The molecule has 1 aromatic carbocycles. The number of hydrogen-bond acceptors (Lipinski definition) is 2. The quantitative estimate of drug-likeness (QED) is 0.685. The highest BCUT2D eigenvalue weighted by atomic mass is 35.5. The van der Waals surface area contributed by atoms with E-state index >= 15 is 0 Å². The molecular weight excluding hydrogens is 341 g/mol. The van der Waals surface area contributed by atoms with Gasteiger partial charge in [-0.2, -0.15) is 17.6 Å². The number of nitrogens with zero attached hydrogens (tertiary/aromatic N) is 1. The van der Waals surface area contributed by atoms with E-state index in [2.05, 4.69) is 9.72 Å². The summed E-state index contributed by atoms with van der Waals surface area (Å²) in [4.78, 5) is 4.05. The lowest BCUT2D eigenvalue weighted by Crippen LogP contribution is -2.33. The highest BCUT2D eigenvalue weighted by Crippen LogP contribution is 2.32. The molecule has 2 aromatic rings. The molecule has 2 rings (SSSR count). The molecule has 2 nitrogen and oxygen atoms in total. The number of pyridine rings is 1. The maximum atomic E-state index is 13.6. The summed E-state index contributed by atoms with van der Waals surface area (Å²) in [5.74, 6) is -2.06. The van der Waals surface area contributed by atoms with Gasteiger partial charge in [0, 0.05) is 23.9 Å². The first kappa shape index (κ1) is 17.5. The fraction of sp³-hybridized carbons (Fsp3) is 0.267. The lowest BCUT2D eigenvalue weighted by Gasteiger charge is -2.18. The molecule has 0 fully saturated rings. The van der Waals surface area contributed by atoms with Crippen LogP contribution in [0.1, 0.15) is 24.1 Å². The van der Waals surface area contributed by atoms with Crippen molar-refractivity contribution in [2.75, 3.05) is 0 Å². The summed E-state index contributed by atoms with van der Waals surface area (Å²) in [7, 11) is 0. The molecule has 0 amide bonds. The van der Waals surface area contributed by atoms with E-state index in [9.17, 15) is 22.0 Å². The largest absolute Gasteiger partial charge is 0.461 e. The Kier molecular flexibility index (Phi) is 5.09. The van der Waals surface area contributed by atoms with Crippen molar-refractivity contribution in [3.8, 4) is 5.75 Å². The summed E-state index contributed by atoms with van der Waals surface area (Å²) in [5, 5.41) is 0.404. The molecule has 0 saturated carbocycles. The zero-order chi connectivity index (χ0) is 17.2. The highest BCUT2D eigenvalue weighted by molar-refractivity contribution is 6.30. The van der Waals surface area contributed by atoms with Crippen LogP contribution in [-0.2, 0) is 0 Å². The van der Waals surface area contributed by atoms with Crippen molar-refractivity contribution in [1.82, 2.24) is 4.98 Å². The van der Waals surface area contributed by atoms with Gasteiger partial charge in [0.15, 0.2) is 0 Å². The van der Waals surface area contributed by atoms with Gasteiger partial charge in [-0.25, -0.2) is 4.39 Å². The number of alkyl halides is 4. The molecule has 8 heteroatoms. The van der Waals surface area contributed by atoms with Crippen LogP contribution in [0.5, 0.6) is 5.75 Å². The molecule has 0 aliphatic carbocycles. The molecule has 23 heavy (non-hydrogen) atoms. The molecule has 0 saturated heterocycles. The third-order valence-corrected chi connectivity index (χ3v) is 3.32. The summed E-state index contributed by atoms with van der Waals surface area (Å²) < 4.78 is 67.7. The number of ether oxygens (including phenoxy) is 1. The standard InChI is InChI=1S/C15H11ClF5NO/c1-8(13-3-2-10(16)7-22-13)9-4-11(17)6-12(5-9)23-15(20,21)14(18)19/h2-8,14H,1H3. The lowest BCUT2D eigenvalue weighted by molar-refractivity contribution is -0.253. The van der Waals surface area contributed by atoms with Crippen molar-refractivity contribution in [1.29, 1.82) is 0 Å². The van der Waals surface area contributed by atoms with E-state index in [1.54, 1.807) is 19.1 Å². The molecule has 0 aliphatic heterocycles. The second-order valence-corrected chi connectivity index (χ2v) is 5.24. The van der Waals surface area contributed by atoms with Crippen molar-refractivity contribution in [2.24, 2.45) is 0 Å². The van der Waals surface area contributed by atoms with Gasteiger partial charge in [0.25, 0.3) is 0 Å². The van der Waals surface area contributed by atoms with Gasteiger partial charge in [0.1, 0.15) is 11.6 Å². The summed E-state index contributed by atoms with van der Waals surface area (Å²) in [6, 6.07) is 5.94. The maximum Gasteiger partial charge on any atom is 0.461 e. The third-order valence-electron chi connectivity index (χ3n) is 3.10. The number of hydrogen-bond donors (Lipinski definition) is 0. The third kappa shape index (κ3) is 4.31. The minimum absolute atomic E-state index is 0.250. The van der Waals surface area contributed by atoms with Gasteiger partial charge in [-0.3, -0.25) is 4.98 Å². The minimum atomic E-state index is -4.70. The monoisotopic (exact) mass is 351 g/mol. The van der Waals surface area contributed by atoms with E-state index in [-0.39, 0.29) is 5.56 Å². The zero-order valence-corrected chi connectivity index (χ0v) is 12.5. The Balaban J connectivity index is 2.31. The highest BCUT2D eigenvalue weighted by Gasteiger charge is 2.44. The number of aromatic nitrogens is 1. The van der Waals surface area contributed by atoms with Crippen LogP contribution in [0.25, 0.3) is 0 Å². The van der Waals surface area contributed by atoms with E-state index in [0.717, 1.165) is 12.1 Å². The molecule has 1 unspecified atom stereocenters. The van der Waals surface area contributed by atoms with Gasteiger partial charge in [0.05, 0.1) is 5.02 Å². The predicted molar refractivity (Wildman–Crippen MR) is 74.7 cm³/mol. The van der Waals surface area contributed by atoms with Crippen LogP contribution >= 0.6 is 11.6 Å². The molecule has 1 atom stereocenters. The summed E-state index contributed by atoms with van der Waals surface area (Å²) in [6.45, 7) is 1.65. The van der Waals surface area contributed by atoms with Crippen molar-refractivity contribution in [3.63, 3.8) is 0 Å². The van der Waals surface area contributed by atoms with E-state index in [1.165, 1.54) is 6.20 Å². The van der Waals surface area contributed by atoms with Gasteiger partial charge in [-0.05, 0) is 29.8 Å². The molecule has 0 bridgehead atoms. The normalized spacial score (nSPS) is 13.2. The van der Waals surface area contributed by atoms with Gasteiger partial charge in [0.2, 0.25) is 0 Å². The second kappa shape index (κ2) is 6.70. The van der Waals surface area contributed by atoms with Crippen LogP contribution in [0.2, 0.25) is 5.02 Å². The molecular formula is C15H11ClF5NO. The van der Waals surface area contributed by atoms with Crippen LogP contribution in [0.4, 0.5) is 22.0 Å². The molecule has 1 heterocycles. The zero-order valence-electron chi connectivity index (χ0n) is 11.7. The Morgan fingerprint density at radius 2 is 1.87 bits per heavy atom. The molecule has 1 aromatic heterocycles. The minimum Gasteiger partial charge on any atom is -0.428 e. The molecule has 0 spiro atoms. The topological polar surface area (TPSA) is 22.1 Å².